The normalized spacial score (nSPS) is 20.4. The molecule has 2 aromatic carbocycles. The average Bonchev–Trinajstić information content (AvgIpc) is 3.32. The van der Waals surface area contributed by atoms with Crippen LogP contribution in [0.25, 0.3) is 0 Å². The maximum atomic E-state index is 13.2. The number of para-hydroxylation sites is 2. The predicted octanol–water partition coefficient (Wildman–Crippen LogP) is 0.761. The molecule has 2 aromatic rings. The Morgan fingerprint density at radius 1 is 1.00 bits per heavy atom. The van der Waals surface area contributed by atoms with Crippen molar-refractivity contribution in [2.75, 3.05) is 44.2 Å². The Morgan fingerprint density at radius 2 is 1.74 bits per heavy atom. The lowest BCUT2D eigenvalue weighted by molar-refractivity contribution is -0.131. The highest BCUT2D eigenvalue weighted by Crippen LogP contribution is 2.33. The van der Waals surface area contributed by atoms with Crippen LogP contribution in [0.1, 0.15) is 17.5 Å². The van der Waals surface area contributed by atoms with Crippen molar-refractivity contribution in [1.82, 2.24) is 9.21 Å². The Kier molecular flexibility index (Phi) is 5.95. The SMILES string of the molecule is NC(=O)C1CN(CC(=O)N2CCN(S(=O)(=O)c3ccc4c(c3)CCC4)CC2)c2ccccc2O1. The first-order valence-electron chi connectivity index (χ1n) is 11.5. The molecule has 0 spiro atoms. The maximum absolute atomic E-state index is 13.2. The summed E-state index contributed by atoms with van der Waals surface area (Å²) >= 11 is 0. The second kappa shape index (κ2) is 8.92. The third-order valence-electron chi connectivity index (χ3n) is 6.80. The molecule has 0 aromatic heterocycles. The fourth-order valence-corrected chi connectivity index (χ4v) is 6.38. The third kappa shape index (κ3) is 4.23. The number of rotatable bonds is 5. The molecule has 2 aliphatic heterocycles. The number of nitrogens with zero attached hydrogens (tertiary/aromatic N) is 3. The van der Waals surface area contributed by atoms with Crippen molar-refractivity contribution in [1.29, 1.82) is 0 Å². The predicted molar refractivity (Wildman–Crippen MR) is 126 cm³/mol. The van der Waals surface area contributed by atoms with E-state index in [0.29, 0.717) is 23.7 Å². The highest BCUT2D eigenvalue weighted by molar-refractivity contribution is 7.89. The van der Waals surface area contributed by atoms with Crippen molar-refractivity contribution in [2.24, 2.45) is 5.73 Å². The van der Waals surface area contributed by atoms with Crippen molar-refractivity contribution in [2.45, 2.75) is 30.3 Å². The van der Waals surface area contributed by atoms with Crippen LogP contribution in [-0.2, 0) is 32.5 Å². The van der Waals surface area contributed by atoms with E-state index >= 15 is 0 Å². The zero-order valence-corrected chi connectivity index (χ0v) is 19.7. The van der Waals surface area contributed by atoms with E-state index in [0.717, 1.165) is 30.5 Å². The number of nitrogens with two attached hydrogens (primary N) is 1. The first kappa shape index (κ1) is 22.7. The molecule has 2 N–H and O–H groups in total. The number of hydrogen-bond donors (Lipinski definition) is 1. The van der Waals surface area contributed by atoms with Gasteiger partial charge in [0, 0.05) is 26.2 Å². The molecule has 0 radical (unpaired) electrons. The lowest BCUT2D eigenvalue weighted by atomic mass is 10.1. The lowest BCUT2D eigenvalue weighted by Crippen LogP contribution is -2.54. The molecule has 10 heteroatoms. The van der Waals surface area contributed by atoms with Gasteiger partial charge in [0.1, 0.15) is 5.75 Å². The first-order valence-corrected chi connectivity index (χ1v) is 13.0. The molecule has 9 nitrogen and oxygen atoms in total. The van der Waals surface area contributed by atoms with Crippen LogP contribution < -0.4 is 15.4 Å². The number of fused-ring (bicyclic) bond motifs is 2. The summed E-state index contributed by atoms with van der Waals surface area (Å²) in [5.74, 6) is -0.206. The van der Waals surface area contributed by atoms with Gasteiger partial charge in [0.15, 0.2) is 6.10 Å². The Labute approximate surface area is 199 Å². The molecule has 5 rings (SSSR count). The van der Waals surface area contributed by atoms with Gasteiger partial charge in [0.25, 0.3) is 5.91 Å². The van der Waals surface area contributed by atoms with Gasteiger partial charge in [-0.2, -0.15) is 4.31 Å². The third-order valence-corrected chi connectivity index (χ3v) is 8.70. The molecule has 34 heavy (non-hydrogen) atoms. The van der Waals surface area contributed by atoms with Crippen LogP contribution in [0.3, 0.4) is 0 Å². The van der Waals surface area contributed by atoms with Crippen molar-refractivity contribution in [3.8, 4) is 5.75 Å². The number of carbonyl (C=O) groups is 2. The van der Waals surface area contributed by atoms with Gasteiger partial charge in [0.05, 0.1) is 23.7 Å². The number of piperazine rings is 1. The number of aryl methyl sites for hydroxylation is 2. The number of carbonyl (C=O) groups excluding carboxylic acids is 2. The summed E-state index contributed by atoms with van der Waals surface area (Å²) in [5.41, 5.74) is 8.53. The molecular weight excluding hydrogens is 456 g/mol. The molecule has 180 valence electrons. The van der Waals surface area contributed by atoms with Gasteiger partial charge >= 0.3 is 0 Å². The van der Waals surface area contributed by atoms with E-state index in [1.54, 1.807) is 34.1 Å². The molecule has 0 bridgehead atoms. The molecule has 1 atom stereocenters. The van der Waals surface area contributed by atoms with Gasteiger partial charge in [-0.1, -0.05) is 18.2 Å². The van der Waals surface area contributed by atoms with Gasteiger partial charge in [-0.15, -0.1) is 0 Å². The Bertz CT molecular complexity index is 1220. The maximum Gasteiger partial charge on any atom is 0.260 e. The molecule has 1 fully saturated rings. The van der Waals surface area contributed by atoms with Gasteiger partial charge in [-0.25, -0.2) is 8.42 Å². The quantitative estimate of drug-likeness (QED) is 0.671. The summed E-state index contributed by atoms with van der Waals surface area (Å²) in [6, 6.07) is 12.6. The molecule has 2 heterocycles. The highest BCUT2D eigenvalue weighted by Gasteiger charge is 2.34. The molecule has 1 saturated heterocycles. The Hall–Kier alpha value is -3.11. The molecular formula is C24H28N4O5S. The van der Waals surface area contributed by atoms with Crippen LogP contribution in [0.15, 0.2) is 47.4 Å². The van der Waals surface area contributed by atoms with Crippen molar-refractivity contribution in [3.05, 3.63) is 53.6 Å². The van der Waals surface area contributed by atoms with E-state index in [1.165, 1.54) is 9.87 Å². The molecule has 1 aliphatic carbocycles. The van der Waals surface area contributed by atoms with Gasteiger partial charge in [-0.3, -0.25) is 9.59 Å². The van der Waals surface area contributed by atoms with E-state index < -0.39 is 22.0 Å². The highest BCUT2D eigenvalue weighted by atomic mass is 32.2. The van der Waals surface area contributed by atoms with Crippen LogP contribution in [0, 0.1) is 0 Å². The van der Waals surface area contributed by atoms with Crippen LogP contribution in [0.4, 0.5) is 5.69 Å². The molecule has 2 amide bonds. The summed E-state index contributed by atoms with van der Waals surface area (Å²) in [7, 11) is -3.60. The first-order chi connectivity index (χ1) is 16.3. The van der Waals surface area contributed by atoms with E-state index in [9.17, 15) is 18.0 Å². The van der Waals surface area contributed by atoms with Gasteiger partial charge < -0.3 is 20.3 Å². The summed E-state index contributed by atoms with van der Waals surface area (Å²) in [5, 5.41) is 0. The van der Waals surface area contributed by atoms with Crippen LogP contribution in [-0.4, -0.2) is 74.8 Å². The van der Waals surface area contributed by atoms with E-state index in [1.807, 2.05) is 18.2 Å². The fourth-order valence-electron chi connectivity index (χ4n) is 4.90. The van der Waals surface area contributed by atoms with Crippen LogP contribution >= 0.6 is 0 Å². The topological polar surface area (TPSA) is 113 Å². The van der Waals surface area contributed by atoms with Crippen molar-refractivity contribution < 1.29 is 22.7 Å². The second-order valence-electron chi connectivity index (χ2n) is 8.93. The van der Waals surface area contributed by atoms with E-state index in [4.69, 9.17) is 10.5 Å². The largest absolute Gasteiger partial charge is 0.477 e. The van der Waals surface area contributed by atoms with Crippen molar-refractivity contribution >= 4 is 27.5 Å². The summed E-state index contributed by atoms with van der Waals surface area (Å²) in [6.45, 7) is 1.36. The number of anilines is 1. The van der Waals surface area contributed by atoms with E-state index in [2.05, 4.69) is 0 Å². The zero-order valence-electron chi connectivity index (χ0n) is 18.9. The Balaban J connectivity index is 1.24. The standard InChI is InChI=1S/C24H28N4O5S/c25-24(30)22-15-27(20-6-1-2-7-21(20)33-22)16-23(29)26-10-12-28(13-11-26)34(31,32)19-9-8-17-4-3-5-18(17)14-19/h1-2,6-9,14,22H,3-5,10-13,15-16H2,(H2,25,30). The zero-order chi connectivity index (χ0) is 23.9. The summed E-state index contributed by atoms with van der Waals surface area (Å²) in [4.78, 5) is 28.6. The number of benzene rings is 2. The minimum atomic E-state index is -3.60. The fraction of sp³-hybridized carbons (Fsp3) is 0.417. The monoisotopic (exact) mass is 484 g/mol. The van der Waals surface area contributed by atoms with Crippen LogP contribution in [0.2, 0.25) is 0 Å². The number of ether oxygens (including phenoxy) is 1. The van der Waals surface area contributed by atoms with E-state index in [-0.39, 0.29) is 32.1 Å². The summed E-state index contributed by atoms with van der Waals surface area (Å²) in [6.07, 6.45) is 2.15. The smallest absolute Gasteiger partial charge is 0.260 e. The van der Waals surface area contributed by atoms with Gasteiger partial charge in [-0.05, 0) is 54.7 Å². The number of amides is 2. The average molecular weight is 485 g/mol. The van der Waals surface area contributed by atoms with Crippen LogP contribution in [0.5, 0.6) is 5.75 Å². The second-order valence-corrected chi connectivity index (χ2v) is 10.9. The molecule has 1 unspecified atom stereocenters. The minimum absolute atomic E-state index is 0.0573. The molecule has 0 saturated carbocycles. The minimum Gasteiger partial charge on any atom is -0.477 e. The molecule has 3 aliphatic rings. The summed E-state index contributed by atoms with van der Waals surface area (Å²) < 4.78 is 33.5. The number of primary amides is 1. The number of hydrogen-bond acceptors (Lipinski definition) is 6. The van der Waals surface area contributed by atoms with Crippen molar-refractivity contribution in [3.63, 3.8) is 0 Å². The Morgan fingerprint density at radius 3 is 2.50 bits per heavy atom. The lowest BCUT2D eigenvalue weighted by Gasteiger charge is -2.38. The van der Waals surface area contributed by atoms with Gasteiger partial charge in [0.2, 0.25) is 15.9 Å². The number of sulfonamides is 1.